The molecule has 0 spiro atoms. The van der Waals surface area contributed by atoms with Gasteiger partial charge in [0, 0.05) is 53.9 Å². The van der Waals surface area contributed by atoms with Gasteiger partial charge in [0.25, 0.3) is 0 Å². The molecule has 0 saturated carbocycles. The summed E-state index contributed by atoms with van der Waals surface area (Å²) in [5.41, 5.74) is 2.62. The third kappa shape index (κ3) is 4.88. The number of anilines is 1. The average Bonchev–Trinajstić information content (AvgIpc) is 3.35. The number of hydrogen-bond donors (Lipinski definition) is 3. The highest BCUT2D eigenvalue weighted by molar-refractivity contribution is 6.31. The highest BCUT2D eigenvalue weighted by atomic mass is 35.5. The van der Waals surface area contributed by atoms with Crippen LogP contribution >= 0.6 is 11.6 Å². The maximum atomic E-state index is 12.4. The predicted molar refractivity (Wildman–Crippen MR) is 120 cm³/mol. The zero-order valence-corrected chi connectivity index (χ0v) is 17.6. The molecule has 1 aromatic heterocycles. The Hall–Kier alpha value is -3.32. The SMILES string of the molecule is O=C(Cc1c[nH]c2ccccc12)NCCNC(=O)[C@@H]1CC(=O)N(c2cccc(Cl)c2)C1. The summed E-state index contributed by atoms with van der Waals surface area (Å²) in [5, 5.41) is 7.20. The Morgan fingerprint density at radius 1 is 1.10 bits per heavy atom. The highest BCUT2D eigenvalue weighted by Crippen LogP contribution is 2.27. The van der Waals surface area contributed by atoms with Crippen LogP contribution in [0.3, 0.4) is 0 Å². The number of aromatic amines is 1. The lowest BCUT2D eigenvalue weighted by molar-refractivity contribution is -0.126. The van der Waals surface area contributed by atoms with Crippen LogP contribution in [0.25, 0.3) is 10.9 Å². The van der Waals surface area contributed by atoms with Crippen molar-refractivity contribution in [2.45, 2.75) is 12.8 Å². The molecule has 160 valence electrons. The molecule has 0 bridgehead atoms. The number of halogens is 1. The van der Waals surface area contributed by atoms with Crippen LogP contribution in [-0.4, -0.2) is 42.3 Å². The van der Waals surface area contributed by atoms with E-state index >= 15 is 0 Å². The van der Waals surface area contributed by atoms with Gasteiger partial charge in [0.05, 0.1) is 12.3 Å². The Labute approximate surface area is 184 Å². The molecule has 0 radical (unpaired) electrons. The van der Waals surface area contributed by atoms with Crippen LogP contribution in [0, 0.1) is 5.92 Å². The molecule has 1 saturated heterocycles. The summed E-state index contributed by atoms with van der Waals surface area (Å²) in [6, 6.07) is 14.8. The number of aromatic nitrogens is 1. The van der Waals surface area contributed by atoms with Gasteiger partial charge in [0.15, 0.2) is 0 Å². The molecule has 31 heavy (non-hydrogen) atoms. The number of para-hydroxylation sites is 1. The molecule has 7 nitrogen and oxygen atoms in total. The zero-order valence-electron chi connectivity index (χ0n) is 16.9. The first-order valence-electron chi connectivity index (χ1n) is 10.2. The van der Waals surface area contributed by atoms with Crippen LogP contribution in [0.1, 0.15) is 12.0 Å². The van der Waals surface area contributed by atoms with E-state index < -0.39 is 5.92 Å². The van der Waals surface area contributed by atoms with Gasteiger partial charge in [-0.1, -0.05) is 35.9 Å². The third-order valence-corrected chi connectivity index (χ3v) is 5.62. The zero-order chi connectivity index (χ0) is 21.8. The molecule has 1 atom stereocenters. The topological polar surface area (TPSA) is 94.3 Å². The summed E-state index contributed by atoms with van der Waals surface area (Å²) < 4.78 is 0. The predicted octanol–water partition coefficient (Wildman–Crippen LogP) is 2.65. The lowest BCUT2D eigenvalue weighted by atomic mass is 10.1. The van der Waals surface area contributed by atoms with Crippen LogP contribution in [0.4, 0.5) is 5.69 Å². The lowest BCUT2D eigenvalue weighted by Gasteiger charge is -2.17. The van der Waals surface area contributed by atoms with Gasteiger partial charge in [-0.15, -0.1) is 0 Å². The minimum Gasteiger partial charge on any atom is -0.361 e. The summed E-state index contributed by atoms with van der Waals surface area (Å²) in [6.07, 6.45) is 2.27. The molecule has 3 amide bonds. The van der Waals surface area contributed by atoms with Crippen molar-refractivity contribution >= 4 is 45.9 Å². The summed E-state index contributed by atoms with van der Waals surface area (Å²) >= 11 is 6.00. The van der Waals surface area contributed by atoms with Gasteiger partial charge < -0.3 is 20.5 Å². The number of benzene rings is 2. The number of carbonyl (C=O) groups is 3. The molecular weight excluding hydrogens is 416 g/mol. The minimum absolute atomic E-state index is 0.102. The maximum Gasteiger partial charge on any atom is 0.227 e. The number of fused-ring (bicyclic) bond motifs is 1. The van der Waals surface area contributed by atoms with Crippen molar-refractivity contribution in [2.75, 3.05) is 24.5 Å². The second kappa shape index (κ2) is 9.22. The molecule has 8 heteroatoms. The van der Waals surface area contributed by atoms with Gasteiger partial charge >= 0.3 is 0 Å². The van der Waals surface area contributed by atoms with Gasteiger partial charge in [-0.3, -0.25) is 14.4 Å². The van der Waals surface area contributed by atoms with Crippen LogP contribution < -0.4 is 15.5 Å². The number of carbonyl (C=O) groups excluding carboxylic acids is 3. The molecular formula is C23H23ClN4O3. The highest BCUT2D eigenvalue weighted by Gasteiger charge is 2.35. The third-order valence-electron chi connectivity index (χ3n) is 5.39. The molecule has 3 N–H and O–H groups in total. The Kier molecular flexibility index (Phi) is 6.23. The fourth-order valence-corrected chi connectivity index (χ4v) is 4.01. The summed E-state index contributed by atoms with van der Waals surface area (Å²) in [6.45, 7) is 0.948. The second-order valence-electron chi connectivity index (χ2n) is 7.56. The van der Waals surface area contributed by atoms with Gasteiger partial charge in [0.2, 0.25) is 17.7 Å². The summed E-state index contributed by atoms with van der Waals surface area (Å²) in [4.78, 5) is 41.7. The molecule has 0 aliphatic carbocycles. The van der Waals surface area contributed by atoms with Gasteiger partial charge in [0.1, 0.15) is 0 Å². The molecule has 2 heterocycles. The van der Waals surface area contributed by atoms with Crippen molar-refractivity contribution in [3.05, 3.63) is 65.3 Å². The normalized spacial score (nSPS) is 16.0. The van der Waals surface area contributed by atoms with E-state index in [4.69, 9.17) is 11.6 Å². The quantitative estimate of drug-likeness (QED) is 0.495. The molecule has 1 aliphatic rings. The van der Waals surface area contributed by atoms with Crippen molar-refractivity contribution in [3.63, 3.8) is 0 Å². The van der Waals surface area contributed by atoms with Crippen LogP contribution in [0.15, 0.2) is 54.7 Å². The van der Waals surface area contributed by atoms with Crippen molar-refractivity contribution < 1.29 is 14.4 Å². The number of nitrogens with zero attached hydrogens (tertiary/aromatic N) is 1. The van der Waals surface area contributed by atoms with E-state index in [0.717, 1.165) is 16.5 Å². The minimum atomic E-state index is -0.423. The van der Waals surface area contributed by atoms with E-state index in [1.54, 1.807) is 29.2 Å². The lowest BCUT2D eigenvalue weighted by Crippen LogP contribution is -2.38. The van der Waals surface area contributed by atoms with Gasteiger partial charge in [-0.25, -0.2) is 0 Å². The first-order chi connectivity index (χ1) is 15.0. The fourth-order valence-electron chi connectivity index (χ4n) is 3.82. The van der Waals surface area contributed by atoms with E-state index in [1.165, 1.54) is 0 Å². The smallest absolute Gasteiger partial charge is 0.227 e. The van der Waals surface area contributed by atoms with Crippen molar-refractivity contribution in [1.29, 1.82) is 0 Å². The van der Waals surface area contributed by atoms with Gasteiger partial charge in [-0.05, 0) is 29.8 Å². The first kappa shape index (κ1) is 20.9. The molecule has 2 aromatic carbocycles. The maximum absolute atomic E-state index is 12.4. The van der Waals surface area contributed by atoms with Crippen molar-refractivity contribution in [1.82, 2.24) is 15.6 Å². The number of rotatable bonds is 7. The Bertz CT molecular complexity index is 1130. The Morgan fingerprint density at radius 2 is 1.90 bits per heavy atom. The Morgan fingerprint density at radius 3 is 2.74 bits per heavy atom. The van der Waals surface area contributed by atoms with E-state index in [9.17, 15) is 14.4 Å². The first-order valence-corrected chi connectivity index (χ1v) is 10.5. The van der Waals surface area contributed by atoms with Crippen LogP contribution in [0.2, 0.25) is 5.02 Å². The monoisotopic (exact) mass is 438 g/mol. The molecule has 4 rings (SSSR count). The Balaban J connectivity index is 1.21. The number of H-pyrrole nitrogens is 1. The van der Waals surface area contributed by atoms with E-state index in [2.05, 4.69) is 15.6 Å². The van der Waals surface area contributed by atoms with E-state index in [-0.39, 0.29) is 30.6 Å². The van der Waals surface area contributed by atoms with E-state index in [0.29, 0.717) is 30.3 Å². The van der Waals surface area contributed by atoms with Crippen LogP contribution in [0.5, 0.6) is 0 Å². The summed E-state index contributed by atoms with van der Waals surface area (Å²) in [7, 11) is 0. The van der Waals surface area contributed by atoms with Gasteiger partial charge in [-0.2, -0.15) is 0 Å². The van der Waals surface area contributed by atoms with Crippen molar-refractivity contribution in [3.8, 4) is 0 Å². The summed E-state index contributed by atoms with van der Waals surface area (Å²) in [5.74, 6) is -0.825. The second-order valence-corrected chi connectivity index (χ2v) is 8.00. The van der Waals surface area contributed by atoms with Crippen LogP contribution in [-0.2, 0) is 20.8 Å². The molecule has 3 aromatic rings. The van der Waals surface area contributed by atoms with Crippen molar-refractivity contribution in [2.24, 2.45) is 5.92 Å². The standard InChI is InChI=1S/C23H23ClN4O3/c24-17-4-3-5-18(12-17)28-14-16(11-22(28)30)23(31)26-9-8-25-21(29)10-15-13-27-20-7-2-1-6-19(15)20/h1-7,12-13,16,27H,8-11,14H2,(H,25,29)(H,26,31)/t16-/m1/s1. The van der Waals surface area contributed by atoms with E-state index in [1.807, 2.05) is 30.5 Å². The molecule has 1 aliphatic heterocycles. The molecule has 1 fully saturated rings. The average molecular weight is 439 g/mol. The fraction of sp³-hybridized carbons (Fsp3) is 0.261. The number of hydrogen-bond acceptors (Lipinski definition) is 3. The number of nitrogens with one attached hydrogen (secondary N) is 3. The number of amides is 3. The molecule has 0 unspecified atom stereocenters. The largest absolute Gasteiger partial charge is 0.361 e.